The molecule has 0 heterocycles. The molecule has 0 amide bonds. The van der Waals surface area contributed by atoms with E-state index in [-0.39, 0.29) is 12.1 Å². The van der Waals surface area contributed by atoms with Crippen molar-refractivity contribution in [2.45, 2.75) is 13.3 Å². The van der Waals surface area contributed by atoms with E-state index in [1.807, 2.05) is 0 Å². The van der Waals surface area contributed by atoms with Crippen LogP contribution in [0.25, 0.3) is 0 Å². The Bertz CT molecular complexity index is 119. The maximum Gasteiger partial charge on any atom is 0.317 e. The quantitative estimate of drug-likeness (QED) is 0.420. The van der Waals surface area contributed by atoms with Crippen LogP contribution >= 0.6 is 0 Å². The first-order chi connectivity index (χ1) is 4.16. The summed E-state index contributed by atoms with van der Waals surface area (Å²) >= 11 is 0. The summed E-state index contributed by atoms with van der Waals surface area (Å²) in [5.74, 6) is -1.85. The number of rotatable bonds is 3. The molecular weight excluding hydrogens is 140 g/mol. The molecule has 0 aromatic heterocycles. The van der Waals surface area contributed by atoms with Crippen molar-refractivity contribution in [1.29, 1.82) is 0 Å². The first-order valence-electron chi connectivity index (χ1n) is 2.54. The number of hydrogen-bond acceptors (Lipinski definition) is 3. The van der Waals surface area contributed by atoms with Gasteiger partial charge in [-0.15, -0.1) is 0 Å². The molecule has 0 fully saturated rings. The third-order valence-corrected chi connectivity index (χ3v) is 0.601. The lowest BCUT2D eigenvalue weighted by Gasteiger charge is -1.95. The summed E-state index contributed by atoms with van der Waals surface area (Å²) in [5.41, 5.74) is 0. The fourth-order valence-electron chi connectivity index (χ4n) is 0.335. The van der Waals surface area contributed by atoms with Crippen molar-refractivity contribution in [2.24, 2.45) is 0 Å². The summed E-state index contributed by atoms with van der Waals surface area (Å²) in [6.07, 6.45) is -0.548. The van der Waals surface area contributed by atoms with Gasteiger partial charge < -0.3 is 15.3 Å². The molecule has 3 N–H and O–H groups in total. The van der Waals surface area contributed by atoms with E-state index in [0.29, 0.717) is 0 Å². The zero-order valence-electron chi connectivity index (χ0n) is 5.59. The molecule has 0 aliphatic heterocycles. The van der Waals surface area contributed by atoms with Gasteiger partial charge in [0.2, 0.25) is 0 Å². The molecule has 0 aromatic rings. The Morgan fingerprint density at radius 3 is 2.30 bits per heavy atom. The second-order valence-electron chi connectivity index (χ2n) is 1.38. The van der Waals surface area contributed by atoms with Gasteiger partial charge >= 0.3 is 11.9 Å². The van der Waals surface area contributed by atoms with E-state index in [9.17, 15) is 9.59 Å². The van der Waals surface area contributed by atoms with Crippen molar-refractivity contribution in [2.75, 3.05) is 6.61 Å². The molecule has 0 saturated carbocycles. The third-order valence-electron chi connectivity index (χ3n) is 0.601. The molecule has 0 unspecified atom stereocenters. The van der Waals surface area contributed by atoms with Gasteiger partial charge in [-0.25, -0.2) is 0 Å². The summed E-state index contributed by atoms with van der Waals surface area (Å²) in [6.45, 7) is 1.85. The van der Waals surface area contributed by atoms with Crippen molar-refractivity contribution in [3.8, 4) is 0 Å². The minimum atomic E-state index is -1.16. The fraction of sp³-hybridized carbons (Fsp3) is 0.600. The Labute approximate surface area is 57.9 Å². The van der Waals surface area contributed by atoms with Crippen LogP contribution in [-0.2, 0) is 14.3 Å². The van der Waals surface area contributed by atoms with Gasteiger partial charge in [-0.05, 0) is 6.92 Å². The number of hydrogen-bond donors (Lipinski definition) is 1. The predicted octanol–water partition coefficient (Wildman–Crippen LogP) is -0.800. The van der Waals surface area contributed by atoms with Gasteiger partial charge in [0.05, 0.1) is 6.61 Å². The van der Waals surface area contributed by atoms with Crippen molar-refractivity contribution >= 4 is 11.9 Å². The van der Waals surface area contributed by atoms with Crippen LogP contribution in [0, 0.1) is 0 Å². The Morgan fingerprint density at radius 2 is 2.00 bits per heavy atom. The Kier molecular flexibility index (Phi) is 7.03. The van der Waals surface area contributed by atoms with Crippen molar-refractivity contribution in [3.63, 3.8) is 0 Å². The van der Waals surface area contributed by atoms with E-state index in [1.54, 1.807) is 6.92 Å². The molecule has 0 aliphatic rings. The molecule has 0 radical (unpaired) electrons. The zero-order valence-corrected chi connectivity index (χ0v) is 5.59. The van der Waals surface area contributed by atoms with Crippen molar-refractivity contribution < 1.29 is 24.9 Å². The van der Waals surface area contributed by atoms with Crippen LogP contribution < -0.4 is 0 Å². The highest BCUT2D eigenvalue weighted by atomic mass is 16.5. The summed E-state index contributed by atoms with van der Waals surface area (Å²) in [5, 5.41) is 8.01. The summed E-state index contributed by atoms with van der Waals surface area (Å²) in [6, 6.07) is 0. The van der Waals surface area contributed by atoms with Crippen molar-refractivity contribution in [3.05, 3.63) is 0 Å². The fourth-order valence-corrected chi connectivity index (χ4v) is 0.335. The maximum atomic E-state index is 10.3. The molecule has 0 saturated heterocycles. The molecule has 0 spiro atoms. The zero-order chi connectivity index (χ0) is 7.28. The smallest absolute Gasteiger partial charge is 0.317 e. The topological polar surface area (TPSA) is 95.1 Å². The molecule has 5 heteroatoms. The normalized spacial score (nSPS) is 7.70. The Balaban J connectivity index is 0. The molecule has 10 heavy (non-hydrogen) atoms. The minimum absolute atomic E-state index is 0. The van der Waals surface area contributed by atoms with Gasteiger partial charge in [0.15, 0.2) is 0 Å². The van der Waals surface area contributed by atoms with Gasteiger partial charge in [-0.1, -0.05) is 0 Å². The summed E-state index contributed by atoms with van der Waals surface area (Å²) in [7, 11) is 0. The van der Waals surface area contributed by atoms with E-state index in [2.05, 4.69) is 4.74 Å². The number of ether oxygens (including phenoxy) is 1. The highest BCUT2D eigenvalue weighted by Gasteiger charge is 2.06. The van der Waals surface area contributed by atoms with E-state index in [4.69, 9.17) is 5.11 Å². The Hall–Kier alpha value is -1.10. The first-order valence-corrected chi connectivity index (χ1v) is 2.54. The first kappa shape index (κ1) is 11.7. The molecule has 60 valence electrons. The van der Waals surface area contributed by atoms with Gasteiger partial charge in [0.25, 0.3) is 0 Å². The lowest BCUT2D eigenvalue weighted by molar-refractivity contribution is -0.150. The highest BCUT2D eigenvalue weighted by Crippen LogP contribution is 1.84. The molecular formula is C5H10O5. The molecule has 0 rings (SSSR count). The van der Waals surface area contributed by atoms with E-state index < -0.39 is 18.4 Å². The SMILES string of the molecule is CCOC(=O)CC(=O)O.O. The summed E-state index contributed by atoms with van der Waals surface area (Å²) < 4.78 is 4.33. The van der Waals surface area contributed by atoms with E-state index in [1.165, 1.54) is 0 Å². The van der Waals surface area contributed by atoms with Crippen LogP contribution in [0.4, 0.5) is 0 Å². The maximum absolute atomic E-state index is 10.3. The van der Waals surface area contributed by atoms with Crippen molar-refractivity contribution in [1.82, 2.24) is 0 Å². The monoisotopic (exact) mass is 150 g/mol. The van der Waals surface area contributed by atoms with E-state index >= 15 is 0 Å². The largest absolute Gasteiger partial charge is 0.481 e. The van der Waals surface area contributed by atoms with Crippen LogP contribution in [0.3, 0.4) is 0 Å². The van der Waals surface area contributed by atoms with Crippen LogP contribution in [0.1, 0.15) is 13.3 Å². The summed E-state index contributed by atoms with van der Waals surface area (Å²) in [4.78, 5) is 20.0. The second-order valence-corrected chi connectivity index (χ2v) is 1.38. The molecule has 0 aliphatic carbocycles. The number of esters is 1. The number of carbonyl (C=O) groups is 2. The lowest BCUT2D eigenvalue weighted by atomic mass is 10.4. The molecule has 0 bridgehead atoms. The highest BCUT2D eigenvalue weighted by molar-refractivity contribution is 5.90. The number of carboxylic acid groups (broad SMARTS) is 1. The average molecular weight is 150 g/mol. The molecule has 0 atom stereocenters. The molecule has 0 aromatic carbocycles. The number of carbonyl (C=O) groups excluding carboxylic acids is 1. The van der Waals surface area contributed by atoms with Gasteiger partial charge in [-0.3, -0.25) is 9.59 Å². The van der Waals surface area contributed by atoms with Crippen LogP contribution in [0.2, 0.25) is 0 Å². The molecule has 5 nitrogen and oxygen atoms in total. The number of aliphatic carboxylic acids is 1. The lowest BCUT2D eigenvalue weighted by Crippen LogP contribution is -2.09. The standard InChI is InChI=1S/C5H8O4.H2O/c1-2-9-5(8)3-4(6)7;/h2-3H2,1H3,(H,6,7);1H2. The van der Waals surface area contributed by atoms with Gasteiger partial charge in [0.1, 0.15) is 6.42 Å². The van der Waals surface area contributed by atoms with Crippen LogP contribution in [-0.4, -0.2) is 29.1 Å². The number of carboxylic acids is 1. The Morgan fingerprint density at radius 1 is 1.50 bits per heavy atom. The second kappa shape index (κ2) is 6.03. The third kappa shape index (κ3) is 6.90. The van der Waals surface area contributed by atoms with Crippen LogP contribution in [0.5, 0.6) is 0 Å². The van der Waals surface area contributed by atoms with Crippen LogP contribution in [0.15, 0.2) is 0 Å². The predicted molar refractivity (Wildman–Crippen MR) is 32.5 cm³/mol. The van der Waals surface area contributed by atoms with Gasteiger partial charge in [-0.2, -0.15) is 0 Å². The average Bonchev–Trinajstić information content (AvgIpc) is 1.63. The minimum Gasteiger partial charge on any atom is -0.481 e. The van der Waals surface area contributed by atoms with E-state index in [0.717, 1.165) is 0 Å². The van der Waals surface area contributed by atoms with Gasteiger partial charge in [0, 0.05) is 0 Å².